The maximum atomic E-state index is 11.9. The Labute approximate surface area is 112 Å². The zero-order valence-electron chi connectivity index (χ0n) is 11.3. The molecule has 0 amide bonds. The van der Waals surface area contributed by atoms with Gasteiger partial charge in [-0.25, -0.2) is 4.79 Å². The average Bonchev–Trinajstić information content (AvgIpc) is 3.14. The van der Waals surface area contributed by atoms with Gasteiger partial charge >= 0.3 is 5.97 Å². The van der Waals surface area contributed by atoms with Crippen LogP contribution in [-0.2, 0) is 26.3 Å². The summed E-state index contributed by atoms with van der Waals surface area (Å²) in [5.41, 5.74) is 1.88. The fourth-order valence-electron chi connectivity index (χ4n) is 3.00. The number of methoxy groups -OCH3 is 1. The molecule has 2 unspecified atom stereocenters. The van der Waals surface area contributed by atoms with Crippen molar-refractivity contribution in [1.29, 1.82) is 0 Å². The minimum Gasteiger partial charge on any atom is -0.497 e. The summed E-state index contributed by atoms with van der Waals surface area (Å²) >= 11 is 0. The molecule has 4 nitrogen and oxygen atoms in total. The molecule has 2 aliphatic rings. The van der Waals surface area contributed by atoms with E-state index in [1.54, 1.807) is 7.11 Å². The van der Waals surface area contributed by atoms with Gasteiger partial charge in [0.25, 0.3) is 0 Å². The van der Waals surface area contributed by atoms with E-state index in [0.717, 1.165) is 30.6 Å². The summed E-state index contributed by atoms with van der Waals surface area (Å²) in [7, 11) is 1.65. The second-order valence-electron chi connectivity index (χ2n) is 5.02. The number of carbonyl (C=O) groups is 1. The van der Waals surface area contributed by atoms with Crippen LogP contribution in [0.2, 0.25) is 0 Å². The first-order valence-corrected chi connectivity index (χ1v) is 6.73. The van der Waals surface area contributed by atoms with Crippen LogP contribution in [0, 0.1) is 0 Å². The molecule has 1 aliphatic heterocycles. The monoisotopic (exact) mass is 262 g/mol. The highest BCUT2D eigenvalue weighted by molar-refractivity contribution is 5.80. The Bertz CT molecular complexity index is 511. The van der Waals surface area contributed by atoms with Crippen LogP contribution in [-0.4, -0.2) is 25.8 Å². The molecule has 0 saturated carbocycles. The van der Waals surface area contributed by atoms with Gasteiger partial charge in [0.15, 0.2) is 6.10 Å². The number of hydrogen-bond donors (Lipinski definition) is 0. The first kappa shape index (κ1) is 12.5. The van der Waals surface area contributed by atoms with Gasteiger partial charge in [-0.3, -0.25) is 0 Å². The number of ether oxygens (including phenoxy) is 3. The molecular formula is C15H18O4. The van der Waals surface area contributed by atoms with E-state index < -0.39 is 11.7 Å². The van der Waals surface area contributed by atoms with Crippen molar-refractivity contribution in [3.8, 4) is 5.75 Å². The molecule has 0 aromatic heterocycles. The number of carbonyl (C=O) groups excluding carboxylic acids is 1. The quantitative estimate of drug-likeness (QED) is 0.619. The fraction of sp³-hybridized carbons (Fsp3) is 0.533. The number of fused-ring (bicyclic) bond motifs is 2. The summed E-state index contributed by atoms with van der Waals surface area (Å²) in [6.07, 6.45) is 2.49. The second-order valence-corrected chi connectivity index (χ2v) is 5.02. The molecule has 0 bridgehead atoms. The van der Waals surface area contributed by atoms with Crippen LogP contribution < -0.4 is 4.74 Å². The summed E-state index contributed by atoms with van der Waals surface area (Å²) in [6, 6.07) is 6.02. The van der Waals surface area contributed by atoms with Crippen molar-refractivity contribution in [3.63, 3.8) is 0 Å². The number of aryl methyl sites for hydroxylation is 1. The first-order valence-electron chi connectivity index (χ1n) is 6.73. The van der Waals surface area contributed by atoms with Gasteiger partial charge in [0.1, 0.15) is 11.4 Å². The minimum atomic E-state index is -0.464. The van der Waals surface area contributed by atoms with Crippen LogP contribution in [0.5, 0.6) is 5.75 Å². The normalized spacial score (nSPS) is 27.8. The number of hydrogen-bond acceptors (Lipinski definition) is 4. The van der Waals surface area contributed by atoms with Gasteiger partial charge in [-0.05, 0) is 49.4 Å². The molecule has 4 heteroatoms. The van der Waals surface area contributed by atoms with Crippen molar-refractivity contribution >= 4 is 5.97 Å². The van der Waals surface area contributed by atoms with Crippen molar-refractivity contribution in [1.82, 2.24) is 0 Å². The highest BCUT2D eigenvalue weighted by atomic mass is 16.7. The number of benzene rings is 1. The molecule has 1 fully saturated rings. The molecule has 1 aromatic carbocycles. The van der Waals surface area contributed by atoms with Gasteiger partial charge in [-0.2, -0.15) is 0 Å². The smallest absolute Gasteiger partial charge is 0.338 e. The van der Waals surface area contributed by atoms with Crippen molar-refractivity contribution in [2.45, 2.75) is 37.9 Å². The summed E-state index contributed by atoms with van der Waals surface area (Å²) in [6.45, 7) is 2.20. The van der Waals surface area contributed by atoms with Crippen molar-refractivity contribution in [2.24, 2.45) is 0 Å². The lowest BCUT2D eigenvalue weighted by atomic mass is 9.80. The number of esters is 1. The summed E-state index contributed by atoms with van der Waals surface area (Å²) in [5.74, 6) is 0.552. The predicted molar refractivity (Wildman–Crippen MR) is 69.1 cm³/mol. The summed E-state index contributed by atoms with van der Waals surface area (Å²) in [5, 5.41) is 0. The van der Waals surface area contributed by atoms with E-state index in [-0.39, 0.29) is 5.97 Å². The van der Waals surface area contributed by atoms with Gasteiger partial charge in [0.2, 0.25) is 0 Å². The van der Waals surface area contributed by atoms with E-state index in [2.05, 4.69) is 6.07 Å². The third-order valence-electron chi connectivity index (χ3n) is 3.96. The number of epoxide rings is 1. The summed E-state index contributed by atoms with van der Waals surface area (Å²) in [4.78, 5) is 11.9. The molecule has 1 spiro atoms. The van der Waals surface area contributed by atoms with Crippen LogP contribution in [0.1, 0.15) is 30.9 Å². The van der Waals surface area contributed by atoms with Crippen molar-refractivity contribution in [2.75, 3.05) is 13.7 Å². The molecule has 3 rings (SSSR count). The zero-order chi connectivity index (χ0) is 13.5. The Morgan fingerprint density at radius 1 is 1.53 bits per heavy atom. The van der Waals surface area contributed by atoms with Gasteiger partial charge < -0.3 is 14.2 Å². The Morgan fingerprint density at radius 3 is 3.11 bits per heavy atom. The molecule has 0 radical (unpaired) electrons. The fourth-order valence-corrected chi connectivity index (χ4v) is 3.00. The first-order chi connectivity index (χ1) is 9.21. The third-order valence-corrected chi connectivity index (χ3v) is 3.96. The van der Waals surface area contributed by atoms with Crippen molar-refractivity contribution < 1.29 is 19.0 Å². The lowest BCUT2D eigenvalue weighted by Crippen LogP contribution is -2.25. The topological polar surface area (TPSA) is 48.1 Å². The number of rotatable bonds is 3. The molecule has 1 heterocycles. The van der Waals surface area contributed by atoms with Gasteiger partial charge in [-0.15, -0.1) is 0 Å². The Kier molecular flexibility index (Phi) is 2.97. The van der Waals surface area contributed by atoms with Crippen LogP contribution in [0.25, 0.3) is 0 Å². The lowest BCUT2D eigenvalue weighted by Gasteiger charge is -2.23. The largest absolute Gasteiger partial charge is 0.497 e. The van der Waals surface area contributed by atoms with Crippen LogP contribution >= 0.6 is 0 Å². The van der Waals surface area contributed by atoms with Crippen molar-refractivity contribution in [3.05, 3.63) is 29.3 Å². The molecule has 2 atom stereocenters. The minimum absolute atomic E-state index is 0.252. The van der Waals surface area contributed by atoms with E-state index in [1.807, 2.05) is 19.1 Å². The van der Waals surface area contributed by atoms with E-state index in [0.29, 0.717) is 6.61 Å². The molecule has 19 heavy (non-hydrogen) atoms. The lowest BCUT2D eigenvalue weighted by molar-refractivity contribution is -0.144. The average molecular weight is 262 g/mol. The molecule has 0 N–H and O–H groups in total. The Morgan fingerprint density at radius 2 is 2.37 bits per heavy atom. The van der Waals surface area contributed by atoms with Crippen LogP contribution in [0.4, 0.5) is 0 Å². The van der Waals surface area contributed by atoms with E-state index in [9.17, 15) is 4.79 Å². The molecule has 1 saturated heterocycles. The van der Waals surface area contributed by atoms with E-state index in [1.165, 1.54) is 5.56 Å². The van der Waals surface area contributed by atoms with Gasteiger partial charge in [-0.1, -0.05) is 6.07 Å². The third kappa shape index (κ3) is 1.91. The highest BCUT2D eigenvalue weighted by Gasteiger charge is 2.63. The maximum Gasteiger partial charge on any atom is 0.338 e. The SMILES string of the molecule is CCOC(=O)C1OC12CCCc1ccc(OC)cc12. The van der Waals surface area contributed by atoms with Gasteiger partial charge in [0.05, 0.1) is 13.7 Å². The van der Waals surface area contributed by atoms with Crippen LogP contribution in [0.15, 0.2) is 18.2 Å². The van der Waals surface area contributed by atoms with E-state index in [4.69, 9.17) is 14.2 Å². The molecule has 1 aromatic rings. The summed E-state index contributed by atoms with van der Waals surface area (Å²) < 4.78 is 16.1. The highest BCUT2D eigenvalue weighted by Crippen LogP contribution is 2.54. The van der Waals surface area contributed by atoms with Gasteiger partial charge in [0, 0.05) is 0 Å². The molecular weight excluding hydrogens is 244 g/mol. The molecule has 102 valence electrons. The van der Waals surface area contributed by atoms with Crippen LogP contribution in [0.3, 0.4) is 0 Å². The zero-order valence-corrected chi connectivity index (χ0v) is 11.3. The second kappa shape index (κ2) is 4.53. The molecule has 1 aliphatic carbocycles. The van der Waals surface area contributed by atoms with E-state index >= 15 is 0 Å². The standard InChI is InChI=1S/C15H18O4/c1-3-18-14(16)13-15(19-13)8-4-5-10-6-7-11(17-2)9-12(10)15/h6-7,9,13H,3-5,8H2,1-2H3. The maximum absolute atomic E-state index is 11.9. The Balaban J connectivity index is 1.93. The predicted octanol–water partition coefficient (Wildman–Crippen LogP) is 2.19. The Hall–Kier alpha value is -1.55.